The smallest absolute Gasteiger partial charge is 0.326 e. The van der Waals surface area contributed by atoms with E-state index in [0.717, 1.165) is 33.4 Å². The predicted octanol–water partition coefficient (Wildman–Crippen LogP) is 5.05. The van der Waals surface area contributed by atoms with E-state index in [9.17, 15) is 14.7 Å². The van der Waals surface area contributed by atoms with Gasteiger partial charge in [-0.3, -0.25) is 9.78 Å². The number of benzene rings is 2. The first-order valence-electron chi connectivity index (χ1n) is 10.2. The van der Waals surface area contributed by atoms with Crippen LogP contribution in [0.15, 0.2) is 73.6 Å². The Bertz CT molecular complexity index is 1130. The molecule has 0 spiro atoms. The lowest BCUT2D eigenvalue weighted by atomic mass is 9.90. The van der Waals surface area contributed by atoms with Crippen LogP contribution in [0.4, 0.5) is 0 Å². The molecular weight excluding hydrogens is 420 g/mol. The highest BCUT2D eigenvalue weighted by molar-refractivity contribution is 7.98. The molecule has 0 radical (unpaired) electrons. The van der Waals surface area contributed by atoms with Gasteiger partial charge >= 0.3 is 5.97 Å². The summed E-state index contributed by atoms with van der Waals surface area (Å²) >= 11 is 1.55. The Kier molecular flexibility index (Phi) is 7.84. The largest absolute Gasteiger partial charge is 0.480 e. The minimum absolute atomic E-state index is 0.359. The molecule has 6 heteroatoms. The van der Waals surface area contributed by atoms with Crippen LogP contribution < -0.4 is 5.32 Å². The maximum atomic E-state index is 13.2. The van der Waals surface area contributed by atoms with Crippen molar-refractivity contribution >= 4 is 29.2 Å². The van der Waals surface area contributed by atoms with Gasteiger partial charge in [0, 0.05) is 18.0 Å². The molecule has 2 N–H and O–H groups in total. The monoisotopic (exact) mass is 446 g/mol. The van der Waals surface area contributed by atoms with E-state index >= 15 is 0 Å². The van der Waals surface area contributed by atoms with Crippen molar-refractivity contribution in [3.63, 3.8) is 0 Å². The number of carboxylic acid groups (broad SMARTS) is 1. The summed E-state index contributed by atoms with van der Waals surface area (Å²) in [5.74, 6) is -0.798. The van der Waals surface area contributed by atoms with Gasteiger partial charge in [0.25, 0.3) is 5.91 Å². The average Bonchev–Trinajstić information content (AvgIpc) is 2.81. The Hall–Kier alpha value is -3.38. The standard InChI is InChI=1S/C26H26N2O3S/c1-17-7-4-5-9-21(17)23-15-19(18(2)20-8-6-13-27-16-20)10-11-22(23)25(29)28-24(26(30)31)12-14-32-3/h4-11,13,15-16,24H,2,12,14H2,1,3H3,(H,28,29)(H,30,31)/t24-/m0/s1. The lowest BCUT2D eigenvalue weighted by Gasteiger charge is -2.18. The third-order valence-corrected chi connectivity index (χ3v) is 5.92. The topological polar surface area (TPSA) is 79.3 Å². The number of aryl methyl sites for hydroxylation is 1. The summed E-state index contributed by atoms with van der Waals surface area (Å²) in [5.41, 5.74) is 5.64. The SMILES string of the molecule is C=C(c1cccnc1)c1ccc(C(=O)N[C@@H](CCSC)C(=O)O)c(-c2ccccc2C)c1. The molecule has 0 fully saturated rings. The van der Waals surface area contributed by atoms with Gasteiger partial charge in [-0.2, -0.15) is 11.8 Å². The number of hydrogen-bond acceptors (Lipinski definition) is 4. The first-order chi connectivity index (χ1) is 15.4. The number of carbonyl (C=O) groups is 2. The average molecular weight is 447 g/mol. The first-order valence-corrected chi connectivity index (χ1v) is 11.6. The number of aliphatic carboxylic acids is 1. The van der Waals surface area contributed by atoms with Crippen LogP contribution in [0.25, 0.3) is 16.7 Å². The van der Waals surface area contributed by atoms with Crippen LogP contribution in [-0.2, 0) is 4.79 Å². The molecule has 0 saturated carbocycles. The van der Waals surface area contributed by atoms with Gasteiger partial charge in [-0.05, 0) is 76.9 Å². The Morgan fingerprint density at radius 2 is 1.88 bits per heavy atom. The fourth-order valence-electron chi connectivity index (χ4n) is 3.46. The zero-order valence-electron chi connectivity index (χ0n) is 18.2. The number of nitrogens with one attached hydrogen (secondary N) is 1. The number of aromatic nitrogens is 1. The van der Waals surface area contributed by atoms with Gasteiger partial charge in [0.15, 0.2) is 0 Å². The van der Waals surface area contributed by atoms with Gasteiger partial charge in [-0.25, -0.2) is 4.79 Å². The van der Waals surface area contributed by atoms with Crippen LogP contribution in [0.5, 0.6) is 0 Å². The summed E-state index contributed by atoms with van der Waals surface area (Å²) in [7, 11) is 0. The normalized spacial score (nSPS) is 11.6. The molecule has 1 aromatic heterocycles. The molecule has 0 aliphatic rings. The number of nitrogens with zero attached hydrogens (tertiary/aromatic N) is 1. The number of thioether (sulfide) groups is 1. The van der Waals surface area contributed by atoms with Crippen molar-refractivity contribution in [3.8, 4) is 11.1 Å². The van der Waals surface area contributed by atoms with Gasteiger partial charge in [-0.1, -0.05) is 43.0 Å². The molecule has 0 unspecified atom stereocenters. The molecule has 0 aliphatic heterocycles. The minimum atomic E-state index is -1.04. The maximum Gasteiger partial charge on any atom is 0.326 e. The van der Waals surface area contributed by atoms with Gasteiger partial charge in [0.1, 0.15) is 6.04 Å². The lowest BCUT2D eigenvalue weighted by Crippen LogP contribution is -2.41. The van der Waals surface area contributed by atoms with Crippen LogP contribution in [0.1, 0.15) is 33.5 Å². The van der Waals surface area contributed by atoms with Crippen molar-refractivity contribution in [2.75, 3.05) is 12.0 Å². The molecule has 32 heavy (non-hydrogen) atoms. The number of rotatable bonds is 9. The number of hydrogen-bond donors (Lipinski definition) is 2. The highest BCUT2D eigenvalue weighted by atomic mass is 32.2. The summed E-state index contributed by atoms with van der Waals surface area (Å²) < 4.78 is 0. The second kappa shape index (κ2) is 10.8. The predicted molar refractivity (Wildman–Crippen MR) is 131 cm³/mol. The highest BCUT2D eigenvalue weighted by Crippen LogP contribution is 2.31. The van der Waals surface area contributed by atoms with E-state index in [1.807, 2.05) is 61.7 Å². The lowest BCUT2D eigenvalue weighted by molar-refractivity contribution is -0.139. The molecule has 1 amide bonds. The molecule has 1 atom stereocenters. The molecule has 5 nitrogen and oxygen atoms in total. The molecule has 0 bridgehead atoms. The van der Waals surface area contributed by atoms with Crippen molar-refractivity contribution < 1.29 is 14.7 Å². The summed E-state index contributed by atoms with van der Waals surface area (Å²) in [4.78, 5) is 29.0. The summed E-state index contributed by atoms with van der Waals surface area (Å²) in [6.07, 6.45) is 5.72. The fourth-order valence-corrected chi connectivity index (χ4v) is 3.94. The fraction of sp³-hybridized carbons (Fsp3) is 0.192. The number of amides is 1. The maximum absolute atomic E-state index is 13.2. The van der Waals surface area contributed by atoms with E-state index in [-0.39, 0.29) is 0 Å². The van der Waals surface area contributed by atoms with Crippen molar-refractivity contribution in [3.05, 3.63) is 95.8 Å². The molecule has 0 aliphatic carbocycles. The van der Waals surface area contributed by atoms with Gasteiger partial charge < -0.3 is 10.4 Å². The molecule has 3 rings (SSSR count). The van der Waals surface area contributed by atoms with Crippen LogP contribution in [0.3, 0.4) is 0 Å². The first kappa shape index (κ1) is 23.3. The second-order valence-electron chi connectivity index (χ2n) is 7.44. The van der Waals surface area contributed by atoms with Gasteiger partial charge in [0.05, 0.1) is 0 Å². The number of carboxylic acids is 1. The van der Waals surface area contributed by atoms with E-state index in [0.29, 0.717) is 17.7 Å². The van der Waals surface area contributed by atoms with E-state index in [4.69, 9.17) is 0 Å². The Morgan fingerprint density at radius 3 is 2.53 bits per heavy atom. The Morgan fingerprint density at radius 1 is 1.09 bits per heavy atom. The minimum Gasteiger partial charge on any atom is -0.480 e. The molecule has 0 saturated heterocycles. The summed E-state index contributed by atoms with van der Waals surface area (Å²) in [6, 6.07) is 16.2. The zero-order valence-corrected chi connectivity index (χ0v) is 19.0. The number of pyridine rings is 1. The van der Waals surface area contributed by atoms with Gasteiger partial charge in [0.2, 0.25) is 0 Å². The zero-order chi connectivity index (χ0) is 23.1. The van der Waals surface area contributed by atoms with Crippen LogP contribution in [-0.4, -0.2) is 40.0 Å². The molecule has 2 aromatic carbocycles. The summed E-state index contributed by atoms with van der Waals surface area (Å²) in [6.45, 7) is 6.20. The van der Waals surface area contributed by atoms with Crippen molar-refractivity contribution in [1.82, 2.24) is 10.3 Å². The Balaban J connectivity index is 2.04. The molecule has 1 heterocycles. The van der Waals surface area contributed by atoms with Crippen LogP contribution in [0.2, 0.25) is 0 Å². The van der Waals surface area contributed by atoms with E-state index in [1.165, 1.54) is 0 Å². The van der Waals surface area contributed by atoms with Gasteiger partial charge in [-0.15, -0.1) is 0 Å². The van der Waals surface area contributed by atoms with E-state index < -0.39 is 17.9 Å². The number of carbonyl (C=O) groups excluding carboxylic acids is 1. The van der Waals surface area contributed by atoms with Crippen molar-refractivity contribution in [1.29, 1.82) is 0 Å². The van der Waals surface area contributed by atoms with Crippen molar-refractivity contribution in [2.24, 2.45) is 0 Å². The van der Waals surface area contributed by atoms with E-state index in [2.05, 4.69) is 16.9 Å². The third kappa shape index (κ3) is 5.45. The summed E-state index contributed by atoms with van der Waals surface area (Å²) in [5, 5.41) is 12.2. The second-order valence-corrected chi connectivity index (χ2v) is 8.43. The van der Waals surface area contributed by atoms with Crippen molar-refractivity contribution in [2.45, 2.75) is 19.4 Å². The quantitative estimate of drug-likeness (QED) is 0.481. The molecular formula is C26H26N2O3S. The van der Waals surface area contributed by atoms with E-state index in [1.54, 1.807) is 30.2 Å². The highest BCUT2D eigenvalue weighted by Gasteiger charge is 2.23. The van der Waals surface area contributed by atoms with Crippen LogP contribution >= 0.6 is 11.8 Å². The Labute approximate surface area is 192 Å². The molecule has 164 valence electrons. The third-order valence-electron chi connectivity index (χ3n) is 5.27. The molecule has 3 aromatic rings. The van der Waals surface area contributed by atoms with Crippen LogP contribution in [0, 0.1) is 6.92 Å².